The minimum atomic E-state index is -2.80. The Hall–Kier alpha value is -2.36. The average Bonchev–Trinajstić information content (AvgIpc) is 3.18. The van der Waals surface area contributed by atoms with Crippen LogP contribution in [0.15, 0.2) is 24.5 Å². The smallest absolute Gasteiger partial charge is 0.333 e. The number of alkyl halides is 4. The van der Waals surface area contributed by atoms with Crippen molar-refractivity contribution in [3.05, 3.63) is 29.7 Å². The lowest BCUT2D eigenvalue weighted by Gasteiger charge is -2.40. The molecule has 1 amide bonds. The minimum Gasteiger partial charge on any atom is -0.371 e. The maximum atomic E-state index is 13.1. The second-order valence-corrected chi connectivity index (χ2v) is 7.74. The summed E-state index contributed by atoms with van der Waals surface area (Å²) in [7, 11) is 1.34. The van der Waals surface area contributed by atoms with Crippen LogP contribution in [0.5, 0.6) is 0 Å². The van der Waals surface area contributed by atoms with Crippen LogP contribution in [-0.4, -0.2) is 51.1 Å². The van der Waals surface area contributed by atoms with E-state index < -0.39 is 31.0 Å². The van der Waals surface area contributed by atoms with Crippen LogP contribution in [0.2, 0.25) is 5.15 Å². The number of pyridine rings is 1. The Morgan fingerprint density at radius 2 is 2.00 bits per heavy atom. The summed E-state index contributed by atoms with van der Waals surface area (Å²) in [5.41, 5.74) is -0.114. The van der Waals surface area contributed by atoms with Crippen LogP contribution in [0.1, 0.15) is 38.7 Å². The fourth-order valence-electron chi connectivity index (χ4n) is 3.79. The van der Waals surface area contributed by atoms with E-state index in [1.165, 1.54) is 25.4 Å². The van der Waals surface area contributed by atoms with Crippen LogP contribution in [0.25, 0.3) is 11.3 Å². The van der Waals surface area contributed by atoms with Crippen molar-refractivity contribution in [3.8, 4) is 11.3 Å². The lowest BCUT2D eigenvalue weighted by molar-refractivity contribution is -0.137. The van der Waals surface area contributed by atoms with E-state index in [4.69, 9.17) is 11.6 Å². The highest BCUT2D eigenvalue weighted by Crippen LogP contribution is 2.37. The van der Waals surface area contributed by atoms with Gasteiger partial charge in [-0.25, -0.2) is 18.4 Å². The predicted molar refractivity (Wildman–Crippen MR) is 105 cm³/mol. The van der Waals surface area contributed by atoms with Gasteiger partial charge in [-0.3, -0.25) is 4.79 Å². The van der Waals surface area contributed by atoms with Crippen LogP contribution in [0.4, 0.5) is 23.2 Å². The molecule has 0 atom stereocenters. The Kier molecular flexibility index (Phi) is 6.84. The lowest BCUT2D eigenvalue weighted by atomic mass is 9.80. The zero-order valence-corrected chi connectivity index (χ0v) is 17.0. The molecule has 2 aromatic heterocycles. The summed E-state index contributed by atoms with van der Waals surface area (Å²) < 4.78 is 52.1. The molecule has 30 heavy (non-hydrogen) atoms. The third kappa shape index (κ3) is 4.85. The summed E-state index contributed by atoms with van der Waals surface area (Å²) in [6.45, 7) is -3.48. The van der Waals surface area contributed by atoms with Crippen molar-refractivity contribution in [2.75, 3.05) is 18.9 Å². The van der Waals surface area contributed by atoms with Gasteiger partial charge in [0.25, 0.3) is 6.43 Å². The number of hydrogen-bond acceptors (Lipinski definition) is 4. The van der Waals surface area contributed by atoms with E-state index in [1.807, 2.05) is 0 Å². The fraction of sp³-hybridized carbons (Fsp3) is 0.526. The maximum Gasteiger partial charge on any atom is 0.333 e. The zero-order chi connectivity index (χ0) is 21.9. The third-order valence-corrected chi connectivity index (χ3v) is 5.41. The summed E-state index contributed by atoms with van der Waals surface area (Å²) in [4.78, 5) is 18.2. The number of nitrogens with zero attached hydrogens (tertiary/aromatic N) is 4. The summed E-state index contributed by atoms with van der Waals surface area (Å²) >= 11 is 6.04. The first-order valence-electron chi connectivity index (χ1n) is 9.53. The number of carbonyl (C=O) groups excluding carboxylic acids is 1. The molecule has 1 fully saturated rings. The van der Waals surface area contributed by atoms with Crippen LogP contribution < -0.4 is 5.32 Å². The number of amides is 1. The number of rotatable bonds is 7. The second kappa shape index (κ2) is 9.20. The first-order chi connectivity index (χ1) is 14.2. The number of likely N-dealkylation sites (N-methyl/N-ethyl adjacent to an activating group) is 1. The molecular weight excluding hydrogens is 426 g/mol. The van der Waals surface area contributed by atoms with Gasteiger partial charge in [0.15, 0.2) is 0 Å². The Bertz CT molecular complexity index is 886. The van der Waals surface area contributed by atoms with Crippen molar-refractivity contribution < 1.29 is 22.4 Å². The Morgan fingerprint density at radius 3 is 2.60 bits per heavy atom. The van der Waals surface area contributed by atoms with Crippen molar-refractivity contribution in [2.45, 2.75) is 50.6 Å². The molecule has 3 rings (SSSR count). The van der Waals surface area contributed by atoms with E-state index in [9.17, 15) is 22.4 Å². The Morgan fingerprint density at radius 1 is 1.30 bits per heavy atom. The molecule has 2 heterocycles. The molecule has 1 N–H and O–H groups in total. The standard InChI is InChI=1S/C19H22ClF4N5O/c1-28(11-16(21)22)17(30)19(6-3-2-4-7-19)26-14-9-15(20)25-10-12(14)13-5-8-29(27-13)18(23)24/h5,8-10,16,18H,2-4,6-7,11H2,1H3,(H,25,26). The maximum absolute atomic E-state index is 13.1. The summed E-state index contributed by atoms with van der Waals surface area (Å²) in [6.07, 6.45) is 3.18. The fourth-order valence-corrected chi connectivity index (χ4v) is 3.95. The van der Waals surface area contributed by atoms with Crippen LogP contribution in [-0.2, 0) is 4.79 Å². The van der Waals surface area contributed by atoms with E-state index in [0.29, 0.717) is 28.8 Å². The highest BCUT2D eigenvalue weighted by atomic mass is 35.5. The molecule has 0 unspecified atom stereocenters. The molecule has 0 bridgehead atoms. The monoisotopic (exact) mass is 447 g/mol. The van der Waals surface area contributed by atoms with E-state index in [0.717, 1.165) is 30.4 Å². The van der Waals surface area contributed by atoms with Gasteiger partial charge in [-0.15, -0.1) is 0 Å². The van der Waals surface area contributed by atoms with Crippen molar-refractivity contribution in [1.29, 1.82) is 0 Å². The van der Waals surface area contributed by atoms with Crippen molar-refractivity contribution in [2.24, 2.45) is 0 Å². The van der Waals surface area contributed by atoms with E-state index >= 15 is 0 Å². The van der Waals surface area contributed by atoms with Gasteiger partial charge in [0, 0.05) is 30.7 Å². The number of nitrogens with one attached hydrogen (secondary N) is 1. The van der Waals surface area contributed by atoms with Crippen LogP contribution >= 0.6 is 11.6 Å². The highest BCUT2D eigenvalue weighted by Gasteiger charge is 2.42. The number of hydrogen-bond donors (Lipinski definition) is 1. The number of aromatic nitrogens is 3. The van der Waals surface area contributed by atoms with Gasteiger partial charge in [0.1, 0.15) is 10.7 Å². The normalized spacial score (nSPS) is 16.1. The van der Waals surface area contributed by atoms with Gasteiger partial charge in [0.05, 0.1) is 12.2 Å². The topological polar surface area (TPSA) is 63.1 Å². The van der Waals surface area contributed by atoms with Gasteiger partial charge >= 0.3 is 6.55 Å². The molecule has 0 saturated heterocycles. The largest absolute Gasteiger partial charge is 0.371 e. The number of halogens is 5. The summed E-state index contributed by atoms with van der Waals surface area (Å²) in [5.74, 6) is -0.445. The molecule has 1 aliphatic rings. The summed E-state index contributed by atoms with van der Waals surface area (Å²) in [6, 6.07) is 2.88. The highest BCUT2D eigenvalue weighted by molar-refractivity contribution is 6.29. The number of carbonyl (C=O) groups is 1. The first-order valence-corrected chi connectivity index (χ1v) is 9.91. The lowest BCUT2D eigenvalue weighted by Crippen LogP contribution is -2.55. The molecule has 164 valence electrons. The summed E-state index contributed by atoms with van der Waals surface area (Å²) in [5, 5.41) is 7.19. The molecule has 0 spiro atoms. The van der Waals surface area contributed by atoms with Crippen LogP contribution in [0.3, 0.4) is 0 Å². The van der Waals surface area contributed by atoms with E-state index in [-0.39, 0.29) is 10.8 Å². The molecule has 2 aromatic rings. The second-order valence-electron chi connectivity index (χ2n) is 7.36. The SMILES string of the molecule is CN(CC(F)F)C(=O)C1(Nc2cc(Cl)ncc2-c2ccn(C(F)F)n2)CCCCC1. The predicted octanol–water partition coefficient (Wildman–Crippen LogP) is 4.83. The van der Waals surface area contributed by atoms with Crippen LogP contribution in [0, 0.1) is 0 Å². The van der Waals surface area contributed by atoms with Crippen molar-refractivity contribution >= 4 is 23.2 Å². The first kappa shape index (κ1) is 22.3. The molecule has 0 aromatic carbocycles. The Labute approximate surface area is 176 Å². The van der Waals surface area contributed by atoms with Gasteiger partial charge in [-0.2, -0.15) is 13.9 Å². The molecule has 6 nitrogen and oxygen atoms in total. The molecule has 0 aliphatic heterocycles. The van der Waals surface area contributed by atoms with E-state index in [2.05, 4.69) is 15.4 Å². The zero-order valence-electron chi connectivity index (χ0n) is 16.3. The van der Waals surface area contributed by atoms with Gasteiger partial charge in [-0.1, -0.05) is 30.9 Å². The number of anilines is 1. The quantitative estimate of drug-likeness (QED) is 0.487. The van der Waals surface area contributed by atoms with Crippen molar-refractivity contribution in [3.63, 3.8) is 0 Å². The van der Waals surface area contributed by atoms with Gasteiger partial charge < -0.3 is 10.2 Å². The molecule has 0 radical (unpaired) electrons. The van der Waals surface area contributed by atoms with Gasteiger partial charge in [0.2, 0.25) is 5.91 Å². The Balaban J connectivity index is 1.98. The minimum absolute atomic E-state index is 0.133. The molecule has 1 aliphatic carbocycles. The average molecular weight is 448 g/mol. The molecule has 11 heteroatoms. The molecular formula is C19H22ClF4N5O. The third-order valence-electron chi connectivity index (χ3n) is 5.20. The van der Waals surface area contributed by atoms with E-state index in [1.54, 1.807) is 0 Å². The molecule has 1 saturated carbocycles. The van der Waals surface area contributed by atoms with Crippen molar-refractivity contribution in [1.82, 2.24) is 19.7 Å². The van der Waals surface area contributed by atoms with Gasteiger partial charge in [-0.05, 0) is 25.0 Å².